The van der Waals surface area contributed by atoms with Crippen molar-refractivity contribution in [2.75, 3.05) is 0 Å². The van der Waals surface area contributed by atoms with Crippen LogP contribution >= 0.6 is 0 Å². The Hall–Kier alpha value is -10.7. The molecule has 8 nitrogen and oxygen atoms in total. The zero-order valence-corrected chi connectivity index (χ0v) is 53.2. The lowest BCUT2D eigenvalue weighted by atomic mass is 9.85. The van der Waals surface area contributed by atoms with Crippen LogP contribution in [0.1, 0.15) is 111 Å². The molecule has 0 spiro atoms. The molecular formula is C82H70N8. The molecule has 0 aliphatic rings. The molecule has 90 heavy (non-hydrogen) atoms. The number of aromatic nitrogens is 5. The van der Waals surface area contributed by atoms with E-state index in [9.17, 15) is 5.26 Å². The van der Waals surface area contributed by atoms with Crippen molar-refractivity contribution < 1.29 is 0 Å². The van der Waals surface area contributed by atoms with Crippen molar-refractivity contribution in [3.05, 3.63) is 257 Å². The summed E-state index contributed by atoms with van der Waals surface area (Å²) in [4.78, 5) is 24.8. The van der Waals surface area contributed by atoms with E-state index in [-0.39, 0.29) is 21.7 Å². The van der Waals surface area contributed by atoms with Gasteiger partial charge in [-0.25, -0.2) is 24.6 Å². The number of hydrogen-bond donors (Lipinski definition) is 0. The number of rotatable bonds is 8. The van der Waals surface area contributed by atoms with Gasteiger partial charge in [-0.15, -0.1) is 0 Å². The second-order valence-electron chi connectivity index (χ2n) is 27.9. The number of hydrogen-bond acceptors (Lipinski definition) is 4. The normalized spacial score (nSPS) is 12.2. The number of fused-ring (bicyclic) bond motifs is 6. The highest BCUT2D eigenvalue weighted by atomic mass is 15.1. The minimum atomic E-state index is -0.113. The van der Waals surface area contributed by atoms with Crippen molar-refractivity contribution >= 4 is 55.0 Å². The van der Waals surface area contributed by atoms with Gasteiger partial charge in [-0.2, -0.15) is 5.26 Å². The second kappa shape index (κ2) is 21.8. The molecule has 0 unspecified atom stereocenters. The Morgan fingerprint density at radius 2 is 0.667 bits per heavy atom. The van der Waals surface area contributed by atoms with Gasteiger partial charge in [0, 0.05) is 38.2 Å². The Labute approximate surface area is 528 Å². The summed E-state index contributed by atoms with van der Waals surface area (Å²) in [6.45, 7) is 43.2. The van der Waals surface area contributed by atoms with Gasteiger partial charge in [0.2, 0.25) is 0 Å². The summed E-state index contributed by atoms with van der Waals surface area (Å²) in [6, 6.07) is 74.3. The fourth-order valence-electron chi connectivity index (χ4n) is 12.5. The molecule has 13 aromatic rings. The Morgan fingerprint density at radius 3 is 1.01 bits per heavy atom. The van der Waals surface area contributed by atoms with Crippen molar-refractivity contribution in [2.45, 2.75) is 105 Å². The van der Waals surface area contributed by atoms with Crippen molar-refractivity contribution in [3.63, 3.8) is 0 Å². The zero-order chi connectivity index (χ0) is 63.2. The molecule has 0 bridgehead atoms. The monoisotopic (exact) mass is 1170 g/mol. The van der Waals surface area contributed by atoms with Gasteiger partial charge in [0.25, 0.3) is 0 Å². The molecule has 3 aromatic heterocycles. The molecule has 0 radical (unpaired) electrons. The van der Waals surface area contributed by atoms with Gasteiger partial charge in [0.05, 0.1) is 58.2 Å². The van der Waals surface area contributed by atoms with Gasteiger partial charge in [0.1, 0.15) is 0 Å². The summed E-state index contributed by atoms with van der Waals surface area (Å²) >= 11 is 0. The zero-order valence-electron chi connectivity index (χ0n) is 53.2. The SMILES string of the molecule is [C-]#[N+]c1cccc(-c2ccc(-c3nc(-c4ccccc4-c4ccc(C#N)cc4)nc(-c4ccc(-c5cccc([N+]#[C-])c5)cc4-n4c5ccc(C(C)(C)C)cc5c5cc(C(C)(C)C)ccc54)n3)c(-n3c4ccc(C(C)(C)C)cc4c4cc(C(C)(C)C)ccc43)c2)c1. The van der Waals surface area contributed by atoms with Gasteiger partial charge < -0.3 is 9.13 Å². The smallest absolute Gasteiger partial charge is 0.187 e. The lowest BCUT2D eigenvalue weighted by Crippen LogP contribution is -2.10. The van der Waals surface area contributed by atoms with Gasteiger partial charge in [-0.1, -0.05) is 192 Å². The highest BCUT2D eigenvalue weighted by Crippen LogP contribution is 2.45. The molecule has 3 heterocycles. The molecule has 10 aromatic carbocycles. The molecule has 0 saturated carbocycles. The average molecular weight is 1170 g/mol. The third-order valence-corrected chi connectivity index (χ3v) is 17.7. The van der Waals surface area contributed by atoms with E-state index in [0.29, 0.717) is 34.4 Å². The lowest BCUT2D eigenvalue weighted by molar-refractivity contribution is 0.590. The molecule has 8 heteroatoms. The Balaban J connectivity index is 1.16. The lowest BCUT2D eigenvalue weighted by Gasteiger charge is -2.20. The number of nitriles is 1. The molecule has 438 valence electrons. The first-order valence-electron chi connectivity index (χ1n) is 30.8. The van der Waals surface area contributed by atoms with Crippen LogP contribution in [-0.4, -0.2) is 24.1 Å². The van der Waals surface area contributed by atoms with Crippen molar-refractivity contribution in [1.82, 2.24) is 24.1 Å². The van der Waals surface area contributed by atoms with Crippen LogP contribution in [0.4, 0.5) is 11.4 Å². The average Bonchev–Trinajstić information content (AvgIpc) is 1.58. The van der Waals surface area contributed by atoms with E-state index in [1.165, 1.54) is 22.3 Å². The fraction of sp³-hybridized carbons (Fsp3) is 0.195. The predicted octanol–water partition coefficient (Wildman–Crippen LogP) is 22.2. The van der Waals surface area contributed by atoms with Crippen LogP contribution in [0.2, 0.25) is 0 Å². The van der Waals surface area contributed by atoms with Crippen LogP contribution in [0.25, 0.3) is 132 Å². The topological polar surface area (TPSA) is 81.0 Å². The van der Waals surface area contributed by atoms with E-state index >= 15 is 0 Å². The van der Waals surface area contributed by atoms with Crippen LogP contribution in [0, 0.1) is 24.5 Å². The van der Waals surface area contributed by atoms with Crippen LogP contribution in [0.3, 0.4) is 0 Å². The summed E-state index contributed by atoms with van der Waals surface area (Å²) in [5.74, 6) is 1.38. The van der Waals surface area contributed by atoms with E-state index in [4.69, 9.17) is 28.1 Å². The van der Waals surface area contributed by atoms with Crippen LogP contribution < -0.4 is 0 Å². The van der Waals surface area contributed by atoms with E-state index < -0.39 is 0 Å². The molecule has 0 fully saturated rings. The Bertz CT molecular complexity index is 4780. The fourth-order valence-corrected chi connectivity index (χ4v) is 12.5. The molecular weight excluding hydrogens is 1100 g/mol. The Morgan fingerprint density at radius 1 is 0.333 bits per heavy atom. The maximum atomic E-state index is 9.91. The molecule has 13 rings (SSSR count). The third kappa shape index (κ3) is 10.6. The first-order valence-corrected chi connectivity index (χ1v) is 30.8. The van der Waals surface area contributed by atoms with Crippen molar-refractivity contribution in [1.29, 1.82) is 5.26 Å². The van der Waals surface area contributed by atoms with E-state index in [0.717, 1.165) is 105 Å². The van der Waals surface area contributed by atoms with Gasteiger partial charge in [-0.3, -0.25) is 0 Å². The molecule has 0 amide bonds. The number of benzene rings is 10. The second-order valence-corrected chi connectivity index (χ2v) is 27.9. The minimum Gasteiger partial charge on any atom is -0.308 e. The van der Waals surface area contributed by atoms with E-state index in [1.807, 2.05) is 72.8 Å². The summed E-state index contributed by atoms with van der Waals surface area (Å²) in [6.07, 6.45) is 0. The first-order chi connectivity index (χ1) is 43.0. The summed E-state index contributed by atoms with van der Waals surface area (Å²) < 4.78 is 4.75. The minimum absolute atomic E-state index is 0.113. The van der Waals surface area contributed by atoms with E-state index in [2.05, 4.69) is 241 Å². The van der Waals surface area contributed by atoms with Gasteiger partial charge in [-0.05, 0) is 174 Å². The van der Waals surface area contributed by atoms with Crippen LogP contribution in [-0.2, 0) is 21.7 Å². The quantitative estimate of drug-likeness (QED) is 0.142. The Kier molecular flexibility index (Phi) is 14.2. The van der Waals surface area contributed by atoms with Crippen LogP contribution in [0.15, 0.2) is 206 Å². The predicted molar refractivity (Wildman–Crippen MR) is 373 cm³/mol. The number of nitrogens with zero attached hydrogens (tertiary/aromatic N) is 8. The summed E-state index contributed by atoms with van der Waals surface area (Å²) in [5.41, 5.74) is 19.9. The maximum Gasteiger partial charge on any atom is 0.187 e. The largest absolute Gasteiger partial charge is 0.308 e. The molecule has 0 N–H and O–H groups in total. The highest BCUT2D eigenvalue weighted by molar-refractivity contribution is 6.12. The van der Waals surface area contributed by atoms with Crippen molar-refractivity contribution in [3.8, 4) is 85.0 Å². The molecule has 0 aliphatic heterocycles. The van der Waals surface area contributed by atoms with Crippen molar-refractivity contribution in [2.24, 2.45) is 0 Å². The first kappa shape index (κ1) is 58.3. The summed E-state index contributed by atoms with van der Waals surface area (Å²) in [5, 5.41) is 14.5. The molecule has 0 saturated heterocycles. The third-order valence-electron chi connectivity index (χ3n) is 17.7. The van der Waals surface area contributed by atoms with E-state index in [1.54, 1.807) is 0 Å². The van der Waals surface area contributed by atoms with Gasteiger partial charge in [0.15, 0.2) is 28.8 Å². The highest BCUT2D eigenvalue weighted by Gasteiger charge is 2.28. The van der Waals surface area contributed by atoms with Gasteiger partial charge >= 0.3 is 0 Å². The standard InChI is InChI=1S/C82H70N8/c1-79(2,3)56-31-37-70-66(45-56)67-46-57(80(4,5)6)32-38-71(67)89(70)74-43-54(52-19-17-21-60(41-52)84-13)29-35-64(74)77-86-76(63-24-16-15-23-62(63)51-27-25-50(49-83)26-28-51)87-78(88-77)65-36-30-55(53-20-18-22-61(42-53)85-14)44-75(65)90-72-39-33-58(81(7,8)9)47-68(72)69-48-59(82(10,11)12)34-40-73(69)90/h15-48H,1-12H3. The summed E-state index contributed by atoms with van der Waals surface area (Å²) in [7, 11) is 0. The maximum absolute atomic E-state index is 9.91. The molecule has 0 atom stereocenters. The van der Waals surface area contributed by atoms with Crippen LogP contribution in [0.5, 0.6) is 0 Å². The molecule has 0 aliphatic carbocycles.